The van der Waals surface area contributed by atoms with Gasteiger partial charge in [0, 0.05) is 170 Å². The highest BCUT2D eigenvalue weighted by Crippen LogP contribution is 2.44. The molecule has 30 rings (SSSR count). The number of aromatic amines is 1. The maximum atomic E-state index is 5.26. The van der Waals surface area contributed by atoms with Crippen LogP contribution in [-0.2, 0) is 0 Å². The highest BCUT2D eigenvalue weighted by molar-refractivity contribution is 6.18. The number of aromatic nitrogens is 12. The van der Waals surface area contributed by atoms with Crippen molar-refractivity contribution in [1.82, 2.24) is 56.9 Å². The van der Waals surface area contributed by atoms with E-state index in [1.807, 2.05) is 122 Å². The van der Waals surface area contributed by atoms with Gasteiger partial charge in [-0.3, -0.25) is 18.7 Å². The molecule has 0 amide bonds. The van der Waals surface area contributed by atoms with Gasteiger partial charge in [-0.05, 0) is 204 Å². The maximum absolute atomic E-state index is 5.26. The molecule has 0 bridgehead atoms. The molecule has 0 aliphatic heterocycles. The summed E-state index contributed by atoms with van der Waals surface area (Å²) in [5.41, 5.74) is 27.7. The lowest BCUT2D eigenvalue weighted by Crippen LogP contribution is -2.00. The summed E-state index contributed by atoms with van der Waals surface area (Å²) < 4.78 is 16.0. The van der Waals surface area contributed by atoms with Gasteiger partial charge in [-0.15, -0.1) is 0 Å². The third kappa shape index (κ3) is 16.9. The van der Waals surface area contributed by atoms with Crippen molar-refractivity contribution < 1.29 is 0 Å². The Kier molecular flexibility index (Phi) is 23.5. The number of hydrogen-bond donors (Lipinski definition) is 1. The van der Waals surface area contributed by atoms with Crippen LogP contribution in [0.3, 0.4) is 0 Å². The third-order valence-corrected chi connectivity index (χ3v) is 27.5. The first-order valence-electron chi connectivity index (χ1n) is 49.3. The molecule has 0 fully saturated rings. The second-order valence-electron chi connectivity index (χ2n) is 36.2. The van der Waals surface area contributed by atoms with Gasteiger partial charge in [-0.2, -0.15) is 0 Å². The number of H-pyrrole nitrogens is 1. The largest absolute Gasteiger partial charge is 0.354 e. The van der Waals surface area contributed by atoms with E-state index < -0.39 is 0 Å². The lowest BCUT2D eigenvalue weighted by molar-refractivity contribution is 1.08. The highest BCUT2D eigenvalue weighted by Gasteiger charge is 2.24. The number of nitrogens with one attached hydrogen (secondary N) is 1. The molecule has 12 heterocycles. The summed E-state index contributed by atoms with van der Waals surface area (Å²) in [6, 6.07) is 180. The van der Waals surface area contributed by atoms with Crippen LogP contribution in [0.1, 0.15) is 0 Å². The second-order valence-corrected chi connectivity index (χ2v) is 36.2. The van der Waals surface area contributed by atoms with Crippen molar-refractivity contribution in [1.29, 1.82) is 0 Å². The predicted molar refractivity (Wildman–Crippen MR) is 609 cm³/mol. The SMILES string of the molecule is c1ccc(-c2cc(-c3ccccc3)nc(-n3c4ccccc4c4cc5c(ccn5-c5ccccc5)cc43)c2)cc1.c1ccc(-c2cnc(-n3c4ccccc4c4cc5c(ccn5-c5ccccc5)cc43)c3ccccc23)cc1.c1ccc(-n2ccc3cc4[nH]c5ccccc5c4cc32)cc1.c1ccc(-n2ccc3cc4c(cc32)c2ccccc2n4-c2cc(-c3cccnc3)ccn2)cc1.c1ccccc1.c1ccccc1. The van der Waals surface area contributed by atoms with Gasteiger partial charge < -0.3 is 23.3 Å². The second kappa shape index (κ2) is 39.1. The molecular weight excluding hydrogens is 1780 g/mol. The minimum atomic E-state index is 0.898. The molecular formula is C134H94N12. The first-order valence-corrected chi connectivity index (χ1v) is 49.3. The van der Waals surface area contributed by atoms with E-state index >= 15 is 0 Å². The number of hydrogen-bond acceptors (Lipinski definition) is 4. The molecule has 30 aromatic rings. The molecule has 690 valence electrons. The van der Waals surface area contributed by atoms with Crippen LogP contribution in [0.2, 0.25) is 0 Å². The van der Waals surface area contributed by atoms with E-state index in [-0.39, 0.29) is 0 Å². The summed E-state index contributed by atoms with van der Waals surface area (Å²) in [5, 5.41) is 17.1. The number of rotatable bonds is 11. The Morgan fingerprint density at radius 2 is 0.541 bits per heavy atom. The number of fused-ring (bicyclic) bond motifs is 17. The zero-order chi connectivity index (χ0) is 97.0. The molecule has 12 heteroatoms. The van der Waals surface area contributed by atoms with E-state index in [9.17, 15) is 0 Å². The average Bonchev–Trinajstić information content (AvgIpc) is 1.56. The Morgan fingerprint density at radius 3 is 1.00 bits per heavy atom. The van der Waals surface area contributed by atoms with Crippen LogP contribution in [0.25, 0.3) is 226 Å². The van der Waals surface area contributed by atoms with Crippen LogP contribution in [0.5, 0.6) is 0 Å². The van der Waals surface area contributed by atoms with Gasteiger partial charge in [-0.1, -0.05) is 340 Å². The fourth-order valence-corrected chi connectivity index (χ4v) is 20.7. The molecule has 0 radical (unpaired) electrons. The Bertz CT molecular complexity index is 9760. The van der Waals surface area contributed by atoms with Crippen molar-refractivity contribution in [2.75, 3.05) is 0 Å². The summed E-state index contributed by atoms with van der Waals surface area (Å²) in [6.07, 6.45) is 16.2. The molecule has 0 spiro atoms. The van der Waals surface area contributed by atoms with Crippen LogP contribution in [0.4, 0.5) is 0 Å². The molecule has 1 N–H and O–H groups in total. The summed E-state index contributed by atoms with van der Waals surface area (Å²) in [7, 11) is 0. The lowest BCUT2D eigenvalue weighted by Gasteiger charge is -2.14. The lowest BCUT2D eigenvalue weighted by atomic mass is 10.0. The Labute approximate surface area is 842 Å². The van der Waals surface area contributed by atoms with E-state index in [0.717, 1.165) is 107 Å². The number of nitrogens with zero attached hydrogens (tertiary/aromatic N) is 11. The quantitative estimate of drug-likeness (QED) is 0.139. The molecule has 0 saturated heterocycles. The van der Waals surface area contributed by atoms with Crippen LogP contribution >= 0.6 is 0 Å². The monoisotopic (exact) mass is 1870 g/mol. The van der Waals surface area contributed by atoms with Crippen molar-refractivity contribution in [2.24, 2.45) is 0 Å². The summed E-state index contributed by atoms with van der Waals surface area (Å²) in [5.74, 6) is 2.76. The molecule has 12 nitrogen and oxygen atoms in total. The normalized spacial score (nSPS) is 11.3. The van der Waals surface area contributed by atoms with E-state index in [0.29, 0.717) is 0 Å². The molecule has 146 heavy (non-hydrogen) atoms. The number of para-hydroxylation sites is 8. The van der Waals surface area contributed by atoms with E-state index in [1.165, 1.54) is 120 Å². The summed E-state index contributed by atoms with van der Waals surface area (Å²) in [6.45, 7) is 0. The molecule has 12 aromatic heterocycles. The van der Waals surface area contributed by atoms with Crippen molar-refractivity contribution in [3.63, 3.8) is 0 Å². The first-order chi connectivity index (χ1) is 72.5. The first kappa shape index (κ1) is 87.7. The van der Waals surface area contributed by atoms with Gasteiger partial charge in [0.25, 0.3) is 0 Å². The number of pyridine rings is 4. The van der Waals surface area contributed by atoms with Crippen molar-refractivity contribution in [3.05, 3.63) is 565 Å². The molecule has 0 aliphatic carbocycles. The average molecular weight is 1870 g/mol. The number of benzene rings is 18. The topological polar surface area (TPSA) is 102 Å². The Hall–Kier alpha value is -19.8. The van der Waals surface area contributed by atoms with Gasteiger partial charge >= 0.3 is 0 Å². The van der Waals surface area contributed by atoms with Crippen molar-refractivity contribution >= 4 is 142 Å². The van der Waals surface area contributed by atoms with E-state index in [4.69, 9.17) is 15.0 Å². The minimum Gasteiger partial charge on any atom is -0.354 e. The van der Waals surface area contributed by atoms with Crippen LogP contribution < -0.4 is 0 Å². The van der Waals surface area contributed by atoms with Crippen LogP contribution in [-0.4, -0.2) is 56.9 Å². The Morgan fingerprint density at radius 1 is 0.185 bits per heavy atom. The molecule has 18 aromatic carbocycles. The van der Waals surface area contributed by atoms with Gasteiger partial charge in [0.2, 0.25) is 0 Å². The fourth-order valence-electron chi connectivity index (χ4n) is 20.7. The van der Waals surface area contributed by atoms with Gasteiger partial charge in [-0.25, -0.2) is 15.0 Å². The highest BCUT2D eigenvalue weighted by atomic mass is 15.1. The third-order valence-electron chi connectivity index (χ3n) is 27.5. The van der Waals surface area contributed by atoms with Gasteiger partial charge in [0.1, 0.15) is 17.5 Å². The Balaban J connectivity index is 0.0000000989. The molecule has 0 atom stereocenters. The van der Waals surface area contributed by atoms with Crippen LogP contribution in [0.15, 0.2) is 565 Å². The maximum Gasteiger partial charge on any atom is 0.145 e. The van der Waals surface area contributed by atoms with Gasteiger partial charge in [0.15, 0.2) is 0 Å². The van der Waals surface area contributed by atoms with Crippen molar-refractivity contribution in [2.45, 2.75) is 0 Å². The molecule has 0 unspecified atom stereocenters. The predicted octanol–water partition coefficient (Wildman–Crippen LogP) is 34.2. The zero-order valence-electron chi connectivity index (χ0n) is 79.6. The van der Waals surface area contributed by atoms with E-state index in [2.05, 4.69) is 479 Å². The minimum absolute atomic E-state index is 0.898. The van der Waals surface area contributed by atoms with Crippen molar-refractivity contribution in [3.8, 4) is 84.8 Å². The molecule has 0 aliphatic rings. The van der Waals surface area contributed by atoms with Gasteiger partial charge in [0.05, 0.1) is 60.9 Å². The summed E-state index contributed by atoms with van der Waals surface area (Å²) >= 11 is 0. The van der Waals surface area contributed by atoms with E-state index in [1.54, 1.807) is 6.20 Å². The smallest absolute Gasteiger partial charge is 0.145 e. The van der Waals surface area contributed by atoms with Crippen LogP contribution in [0, 0.1) is 0 Å². The summed E-state index contributed by atoms with van der Waals surface area (Å²) in [4.78, 5) is 23.0. The molecule has 0 saturated carbocycles. The fraction of sp³-hybridized carbons (Fsp3) is 0. The zero-order valence-corrected chi connectivity index (χ0v) is 79.6. The standard InChI is InChI=1S/C37H25N3.C35H23N3.C30H20N4.C20H14N2.2C6H6/c1-4-12-26(13-5-1)29-22-33(27-14-6-2-7-15-27)38-37(24-29)40-34-19-11-10-18-31(34)32-25-35-28(23-36(32)40)20-21-39(35)30-16-8-3-9-17-30;1-3-11-24(12-4-1)31-23-36-35(29-17-8-7-15-27(29)31)38-32-18-10-9-16-28(32)30-22-33-25(21-34(30)38)19-20-37(33)26-13-5-2-6-14-26;1-2-8-24(9-3-1)33-16-13-22-17-29-26(19-28(22)33)25-10-4-5-11-27(25)34(29)30-18-21(12-15-32-30)23-7-6-14-31-20-23;1-2-6-15(7-3-1)22-11-10-14-12-19-17(13-20(14)22)16-8-4-5-9-18(16)21-19;2*1-2-4-6-5-3-1/h1-25H;1-23H;1-20H;1-13,21H;2*1-6H.